The van der Waals surface area contributed by atoms with Crippen molar-refractivity contribution in [3.05, 3.63) is 0 Å². The molecule has 100 valence electrons. The van der Waals surface area contributed by atoms with Crippen LogP contribution >= 0.6 is 11.8 Å². The van der Waals surface area contributed by atoms with Crippen LogP contribution in [0.2, 0.25) is 0 Å². The van der Waals surface area contributed by atoms with E-state index in [9.17, 15) is 0 Å². The first-order valence-corrected chi connectivity index (χ1v) is 8.57. The molecule has 2 aliphatic rings. The number of hydrogen-bond acceptors (Lipinski definition) is 3. The Bertz CT molecular complexity index is 222. The number of hydrogen-bond donors (Lipinski definition) is 1. The fourth-order valence-corrected chi connectivity index (χ4v) is 4.15. The zero-order valence-corrected chi connectivity index (χ0v) is 12.1. The summed E-state index contributed by atoms with van der Waals surface area (Å²) in [4.78, 5) is 2.71. The van der Waals surface area contributed by atoms with Gasteiger partial charge in [-0.05, 0) is 63.8 Å². The molecule has 1 aliphatic heterocycles. The number of nitrogens with zero attached hydrogens (tertiary/aromatic N) is 1. The Kier molecular flexibility index (Phi) is 5.64. The first-order chi connectivity index (χ1) is 8.28. The molecule has 0 spiro atoms. The van der Waals surface area contributed by atoms with E-state index in [-0.39, 0.29) is 0 Å². The molecule has 0 aromatic rings. The third kappa shape index (κ3) is 4.46. The minimum atomic E-state index is 0.486. The maximum absolute atomic E-state index is 6.08. The second kappa shape index (κ2) is 7.01. The minimum Gasteiger partial charge on any atom is -0.328 e. The molecular formula is C14H28N2S. The third-order valence-corrected chi connectivity index (χ3v) is 5.58. The second-order valence-electron chi connectivity index (χ2n) is 5.88. The van der Waals surface area contributed by atoms with Gasteiger partial charge in [-0.25, -0.2) is 0 Å². The topological polar surface area (TPSA) is 29.3 Å². The second-order valence-corrected chi connectivity index (χ2v) is 7.02. The van der Waals surface area contributed by atoms with Crippen LogP contribution in [0.5, 0.6) is 0 Å². The van der Waals surface area contributed by atoms with E-state index in [1.165, 1.54) is 64.6 Å². The molecule has 0 aromatic carbocycles. The van der Waals surface area contributed by atoms with Crippen molar-refractivity contribution in [3.8, 4) is 0 Å². The predicted octanol–water partition coefficient (Wildman–Crippen LogP) is 2.72. The van der Waals surface area contributed by atoms with Gasteiger partial charge in [0.1, 0.15) is 0 Å². The standard InChI is InChI=1S/C14H28N2S/c1-17-14-6-3-8-16(9-7-14)11-12-4-2-5-13(15)10-12/h12-14H,2-11,15H2,1H3. The maximum Gasteiger partial charge on any atom is 0.00569 e. The Balaban J connectivity index is 1.74. The number of likely N-dealkylation sites (tertiary alicyclic amines) is 1. The van der Waals surface area contributed by atoms with Gasteiger partial charge in [-0.2, -0.15) is 11.8 Å². The highest BCUT2D eigenvalue weighted by Crippen LogP contribution is 2.26. The van der Waals surface area contributed by atoms with Crippen LogP contribution in [0.15, 0.2) is 0 Å². The average molecular weight is 256 g/mol. The molecule has 0 bridgehead atoms. The van der Waals surface area contributed by atoms with Crippen molar-refractivity contribution in [2.45, 2.75) is 56.2 Å². The molecule has 0 amide bonds. The van der Waals surface area contributed by atoms with Gasteiger partial charge in [0.15, 0.2) is 0 Å². The highest BCUT2D eigenvalue weighted by molar-refractivity contribution is 7.99. The lowest BCUT2D eigenvalue weighted by molar-refractivity contribution is 0.197. The van der Waals surface area contributed by atoms with Crippen LogP contribution in [-0.4, -0.2) is 42.1 Å². The van der Waals surface area contributed by atoms with Gasteiger partial charge < -0.3 is 10.6 Å². The molecule has 0 radical (unpaired) electrons. The summed E-state index contributed by atoms with van der Waals surface area (Å²) >= 11 is 2.06. The highest BCUT2D eigenvalue weighted by atomic mass is 32.2. The van der Waals surface area contributed by atoms with E-state index in [1.807, 2.05) is 0 Å². The van der Waals surface area contributed by atoms with Gasteiger partial charge in [-0.3, -0.25) is 0 Å². The van der Waals surface area contributed by atoms with Crippen LogP contribution in [0.3, 0.4) is 0 Å². The summed E-state index contributed by atoms with van der Waals surface area (Å²) in [6.45, 7) is 3.95. The van der Waals surface area contributed by atoms with Gasteiger partial charge in [0, 0.05) is 17.8 Å². The molecule has 17 heavy (non-hydrogen) atoms. The minimum absolute atomic E-state index is 0.486. The van der Waals surface area contributed by atoms with Crippen molar-refractivity contribution < 1.29 is 0 Å². The third-order valence-electron chi connectivity index (χ3n) is 4.44. The molecule has 3 unspecified atom stereocenters. The lowest BCUT2D eigenvalue weighted by Crippen LogP contribution is -2.36. The zero-order valence-electron chi connectivity index (χ0n) is 11.2. The average Bonchev–Trinajstić information content (AvgIpc) is 2.54. The largest absolute Gasteiger partial charge is 0.328 e. The van der Waals surface area contributed by atoms with Crippen LogP contribution in [0.1, 0.15) is 44.9 Å². The molecule has 1 saturated heterocycles. The quantitative estimate of drug-likeness (QED) is 0.842. The lowest BCUT2D eigenvalue weighted by Gasteiger charge is -2.31. The molecule has 2 rings (SSSR count). The summed E-state index contributed by atoms with van der Waals surface area (Å²) in [5.74, 6) is 0.879. The summed E-state index contributed by atoms with van der Waals surface area (Å²) in [5.41, 5.74) is 6.08. The Morgan fingerprint density at radius 1 is 1.12 bits per heavy atom. The number of rotatable bonds is 3. The summed E-state index contributed by atoms with van der Waals surface area (Å²) in [5, 5.41) is 0.911. The monoisotopic (exact) mass is 256 g/mol. The molecule has 3 heteroatoms. The SMILES string of the molecule is CSC1CCCN(CC2CCCC(N)C2)CC1. The summed E-state index contributed by atoms with van der Waals surface area (Å²) in [6, 6.07) is 0.486. The Morgan fingerprint density at radius 2 is 2.00 bits per heavy atom. The molecule has 2 nitrogen and oxygen atoms in total. The van der Waals surface area contributed by atoms with Gasteiger partial charge in [-0.15, -0.1) is 0 Å². The normalized spacial score (nSPS) is 36.7. The molecule has 1 aliphatic carbocycles. The molecule has 0 aromatic heterocycles. The van der Waals surface area contributed by atoms with E-state index in [0.29, 0.717) is 6.04 Å². The van der Waals surface area contributed by atoms with E-state index in [1.54, 1.807) is 0 Å². The van der Waals surface area contributed by atoms with Gasteiger partial charge in [-0.1, -0.05) is 6.42 Å². The highest BCUT2D eigenvalue weighted by Gasteiger charge is 2.23. The van der Waals surface area contributed by atoms with Crippen molar-refractivity contribution >= 4 is 11.8 Å². The van der Waals surface area contributed by atoms with Crippen molar-refractivity contribution in [1.82, 2.24) is 4.90 Å². The fraction of sp³-hybridized carbons (Fsp3) is 1.00. The van der Waals surface area contributed by atoms with Crippen LogP contribution < -0.4 is 5.73 Å². The molecular weight excluding hydrogens is 228 g/mol. The van der Waals surface area contributed by atoms with Gasteiger partial charge in [0.25, 0.3) is 0 Å². The van der Waals surface area contributed by atoms with E-state index in [4.69, 9.17) is 5.73 Å². The van der Waals surface area contributed by atoms with Gasteiger partial charge >= 0.3 is 0 Å². The van der Waals surface area contributed by atoms with E-state index in [0.717, 1.165) is 11.2 Å². The first kappa shape index (κ1) is 13.7. The molecule has 2 fully saturated rings. The van der Waals surface area contributed by atoms with Crippen molar-refractivity contribution in [2.24, 2.45) is 11.7 Å². The van der Waals surface area contributed by atoms with Gasteiger partial charge in [0.05, 0.1) is 0 Å². The van der Waals surface area contributed by atoms with Crippen molar-refractivity contribution in [1.29, 1.82) is 0 Å². The number of nitrogens with two attached hydrogens (primary N) is 1. The van der Waals surface area contributed by atoms with Crippen molar-refractivity contribution in [2.75, 3.05) is 25.9 Å². The molecule has 2 N–H and O–H groups in total. The fourth-order valence-electron chi connectivity index (χ4n) is 3.41. The van der Waals surface area contributed by atoms with Crippen LogP contribution in [0.4, 0.5) is 0 Å². The maximum atomic E-state index is 6.08. The van der Waals surface area contributed by atoms with Crippen molar-refractivity contribution in [3.63, 3.8) is 0 Å². The Hall–Kier alpha value is 0.270. The number of thioether (sulfide) groups is 1. The smallest absolute Gasteiger partial charge is 0.00569 e. The summed E-state index contributed by atoms with van der Waals surface area (Å²) < 4.78 is 0. The van der Waals surface area contributed by atoms with E-state index < -0.39 is 0 Å². The predicted molar refractivity (Wildman–Crippen MR) is 77.5 cm³/mol. The first-order valence-electron chi connectivity index (χ1n) is 7.28. The zero-order chi connectivity index (χ0) is 12.1. The lowest BCUT2D eigenvalue weighted by atomic mass is 9.86. The van der Waals surface area contributed by atoms with E-state index >= 15 is 0 Å². The Morgan fingerprint density at radius 3 is 2.76 bits per heavy atom. The molecule has 1 heterocycles. The van der Waals surface area contributed by atoms with Crippen LogP contribution in [0, 0.1) is 5.92 Å². The summed E-state index contributed by atoms with van der Waals surface area (Å²) in [6.07, 6.45) is 11.8. The molecule has 3 atom stereocenters. The summed E-state index contributed by atoms with van der Waals surface area (Å²) in [7, 11) is 0. The van der Waals surface area contributed by atoms with Crippen LogP contribution in [-0.2, 0) is 0 Å². The van der Waals surface area contributed by atoms with Crippen LogP contribution in [0.25, 0.3) is 0 Å². The Labute approximate surface area is 111 Å². The van der Waals surface area contributed by atoms with E-state index in [2.05, 4.69) is 22.9 Å². The molecule has 1 saturated carbocycles. The van der Waals surface area contributed by atoms with Gasteiger partial charge in [0.2, 0.25) is 0 Å².